The Labute approximate surface area is 152 Å². The van der Waals surface area contributed by atoms with Gasteiger partial charge in [-0.25, -0.2) is 9.97 Å². The molecule has 1 atom stereocenters. The number of H-pyrrole nitrogens is 1. The standard InChI is InChI=1S/C19H23N7/c1-2-21-19-15(17-14-8-10-22-18(14)24-12-23-17)11-26(25-19)16(7-9-20)13-5-3-4-6-13/h8,10-13,16H,2-7H2,1H3,(H,21,25)(H,22,23,24)/t16-/m0/s1. The molecule has 3 aromatic rings. The molecule has 7 nitrogen and oxygen atoms in total. The summed E-state index contributed by atoms with van der Waals surface area (Å²) in [5, 5.41) is 18.5. The van der Waals surface area contributed by atoms with Gasteiger partial charge < -0.3 is 10.3 Å². The van der Waals surface area contributed by atoms with Crippen LogP contribution in [0, 0.1) is 17.2 Å². The molecule has 1 aliphatic carbocycles. The van der Waals surface area contributed by atoms with Crippen molar-refractivity contribution in [1.82, 2.24) is 24.7 Å². The molecular weight excluding hydrogens is 326 g/mol. The molecule has 0 radical (unpaired) electrons. The third-order valence-corrected chi connectivity index (χ3v) is 5.27. The summed E-state index contributed by atoms with van der Waals surface area (Å²) in [5.74, 6) is 1.34. The monoisotopic (exact) mass is 349 g/mol. The summed E-state index contributed by atoms with van der Waals surface area (Å²) in [6.45, 7) is 2.83. The van der Waals surface area contributed by atoms with Crippen LogP contribution in [-0.2, 0) is 0 Å². The fraction of sp³-hybridized carbons (Fsp3) is 0.474. The first-order chi connectivity index (χ1) is 12.8. The molecule has 7 heteroatoms. The Bertz CT molecular complexity index is 927. The third kappa shape index (κ3) is 2.92. The highest BCUT2D eigenvalue weighted by molar-refractivity contribution is 5.93. The van der Waals surface area contributed by atoms with E-state index in [4.69, 9.17) is 5.10 Å². The number of hydrogen-bond donors (Lipinski definition) is 2. The second kappa shape index (κ2) is 7.16. The van der Waals surface area contributed by atoms with Gasteiger partial charge in [-0.05, 0) is 31.7 Å². The van der Waals surface area contributed by atoms with Crippen molar-refractivity contribution < 1.29 is 0 Å². The third-order valence-electron chi connectivity index (χ3n) is 5.27. The molecule has 0 aromatic carbocycles. The molecule has 0 amide bonds. The van der Waals surface area contributed by atoms with Crippen LogP contribution in [0.2, 0.25) is 0 Å². The first-order valence-electron chi connectivity index (χ1n) is 9.30. The number of anilines is 1. The van der Waals surface area contributed by atoms with Crippen molar-refractivity contribution in [3.05, 3.63) is 24.8 Å². The maximum atomic E-state index is 9.34. The van der Waals surface area contributed by atoms with E-state index in [1.54, 1.807) is 6.33 Å². The maximum Gasteiger partial charge on any atom is 0.157 e. The average Bonchev–Trinajstić information content (AvgIpc) is 3.39. The van der Waals surface area contributed by atoms with Crippen molar-refractivity contribution in [2.75, 3.05) is 11.9 Å². The van der Waals surface area contributed by atoms with Gasteiger partial charge in [-0.1, -0.05) is 12.8 Å². The van der Waals surface area contributed by atoms with Gasteiger partial charge in [0, 0.05) is 24.3 Å². The molecule has 1 aliphatic rings. The van der Waals surface area contributed by atoms with E-state index in [0.717, 1.165) is 34.7 Å². The highest BCUT2D eigenvalue weighted by Crippen LogP contribution is 2.38. The fourth-order valence-corrected chi connectivity index (χ4v) is 4.03. The SMILES string of the molecule is CCNc1nn([C@@H](CC#N)C2CCCC2)cc1-c1ncnc2[nH]ccc12. The molecule has 0 unspecified atom stereocenters. The second-order valence-corrected chi connectivity index (χ2v) is 6.84. The van der Waals surface area contributed by atoms with Crippen LogP contribution in [0.15, 0.2) is 24.8 Å². The minimum absolute atomic E-state index is 0.122. The summed E-state index contributed by atoms with van der Waals surface area (Å²) in [4.78, 5) is 11.9. The second-order valence-electron chi connectivity index (χ2n) is 6.84. The van der Waals surface area contributed by atoms with Crippen LogP contribution in [0.4, 0.5) is 5.82 Å². The Hall–Kier alpha value is -2.88. The molecule has 3 heterocycles. The number of nitrogens with zero attached hydrogens (tertiary/aromatic N) is 5. The summed E-state index contributed by atoms with van der Waals surface area (Å²) in [5.41, 5.74) is 2.63. The van der Waals surface area contributed by atoms with Crippen molar-refractivity contribution in [2.45, 2.75) is 45.1 Å². The molecule has 0 spiro atoms. The van der Waals surface area contributed by atoms with E-state index in [9.17, 15) is 5.26 Å². The molecule has 1 fully saturated rings. The van der Waals surface area contributed by atoms with Crippen LogP contribution in [0.3, 0.4) is 0 Å². The van der Waals surface area contributed by atoms with Crippen molar-refractivity contribution in [3.8, 4) is 17.3 Å². The van der Waals surface area contributed by atoms with Crippen molar-refractivity contribution in [1.29, 1.82) is 5.26 Å². The number of aromatic amines is 1. The molecule has 0 saturated heterocycles. The highest BCUT2D eigenvalue weighted by Gasteiger charge is 2.28. The predicted molar refractivity (Wildman–Crippen MR) is 100 cm³/mol. The summed E-state index contributed by atoms with van der Waals surface area (Å²) < 4.78 is 1.99. The largest absolute Gasteiger partial charge is 0.368 e. The van der Waals surface area contributed by atoms with Crippen molar-refractivity contribution in [3.63, 3.8) is 0 Å². The number of nitrogens with one attached hydrogen (secondary N) is 2. The maximum absolute atomic E-state index is 9.34. The molecule has 3 aromatic heterocycles. The summed E-state index contributed by atoms with van der Waals surface area (Å²) in [6.07, 6.45) is 10.8. The van der Waals surface area contributed by atoms with Gasteiger partial charge in [0.25, 0.3) is 0 Å². The van der Waals surface area contributed by atoms with Crippen molar-refractivity contribution >= 4 is 16.9 Å². The first-order valence-corrected chi connectivity index (χ1v) is 9.30. The minimum atomic E-state index is 0.122. The van der Waals surface area contributed by atoms with Gasteiger partial charge in [0.1, 0.15) is 12.0 Å². The minimum Gasteiger partial charge on any atom is -0.368 e. The Balaban J connectivity index is 1.80. The zero-order valence-corrected chi connectivity index (χ0v) is 14.9. The molecule has 0 aliphatic heterocycles. The Kier molecular flexibility index (Phi) is 4.57. The van der Waals surface area contributed by atoms with E-state index < -0.39 is 0 Å². The fourth-order valence-electron chi connectivity index (χ4n) is 4.03. The zero-order chi connectivity index (χ0) is 17.9. The molecule has 4 rings (SSSR count). The lowest BCUT2D eigenvalue weighted by Crippen LogP contribution is -2.18. The van der Waals surface area contributed by atoms with E-state index in [2.05, 4.69) is 33.3 Å². The van der Waals surface area contributed by atoms with E-state index in [-0.39, 0.29) is 6.04 Å². The van der Waals surface area contributed by atoms with Gasteiger partial charge in [0.2, 0.25) is 0 Å². The van der Waals surface area contributed by atoms with E-state index in [0.29, 0.717) is 12.3 Å². The lowest BCUT2D eigenvalue weighted by molar-refractivity contribution is 0.315. The van der Waals surface area contributed by atoms with Crippen molar-refractivity contribution in [2.24, 2.45) is 5.92 Å². The molecule has 26 heavy (non-hydrogen) atoms. The number of rotatable bonds is 6. The van der Waals surface area contributed by atoms with Crippen LogP contribution in [0.5, 0.6) is 0 Å². The summed E-state index contributed by atoms with van der Waals surface area (Å²) in [7, 11) is 0. The number of fused-ring (bicyclic) bond motifs is 1. The lowest BCUT2D eigenvalue weighted by Gasteiger charge is -2.21. The van der Waals surface area contributed by atoms with Gasteiger partial charge in [0.05, 0.1) is 29.8 Å². The zero-order valence-electron chi connectivity index (χ0n) is 14.9. The molecule has 0 bridgehead atoms. The van der Waals surface area contributed by atoms with Crippen LogP contribution in [-0.4, -0.2) is 31.3 Å². The van der Waals surface area contributed by atoms with Crippen LogP contribution in [0.1, 0.15) is 45.1 Å². The predicted octanol–water partition coefficient (Wildman–Crippen LogP) is 3.90. The Morgan fingerprint density at radius 2 is 2.23 bits per heavy atom. The van der Waals surface area contributed by atoms with E-state index >= 15 is 0 Å². The number of aromatic nitrogens is 5. The summed E-state index contributed by atoms with van der Waals surface area (Å²) >= 11 is 0. The highest BCUT2D eigenvalue weighted by atomic mass is 15.3. The quantitative estimate of drug-likeness (QED) is 0.704. The van der Waals surface area contributed by atoms with Gasteiger partial charge >= 0.3 is 0 Å². The molecular formula is C19H23N7. The van der Waals surface area contributed by atoms with Crippen LogP contribution >= 0.6 is 0 Å². The number of nitriles is 1. The molecule has 2 N–H and O–H groups in total. The normalized spacial score (nSPS) is 16.0. The number of hydrogen-bond acceptors (Lipinski definition) is 5. The Morgan fingerprint density at radius 1 is 1.38 bits per heavy atom. The lowest BCUT2D eigenvalue weighted by atomic mass is 9.96. The van der Waals surface area contributed by atoms with Gasteiger partial charge in [-0.15, -0.1) is 0 Å². The van der Waals surface area contributed by atoms with Gasteiger partial charge in [0.15, 0.2) is 5.82 Å². The van der Waals surface area contributed by atoms with Gasteiger partial charge in [-0.3, -0.25) is 4.68 Å². The smallest absolute Gasteiger partial charge is 0.157 e. The topological polar surface area (TPSA) is 95.2 Å². The molecule has 134 valence electrons. The van der Waals surface area contributed by atoms with Gasteiger partial charge in [-0.2, -0.15) is 10.4 Å². The van der Waals surface area contributed by atoms with E-state index in [1.165, 1.54) is 25.7 Å². The summed E-state index contributed by atoms with van der Waals surface area (Å²) in [6, 6.07) is 4.47. The first kappa shape index (κ1) is 16.6. The average molecular weight is 349 g/mol. The van der Waals surface area contributed by atoms with Crippen LogP contribution in [0.25, 0.3) is 22.3 Å². The Morgan fingerprint density at radius 3 is 3.00 bits per heavy atom. The van der Waals surface area contributed by atoms with Crippen LogP contribution < -0.4 is 5.32 Å². The molecule has 1 saturated carbocycles. The van der Waals surface area contributed by atoms with E-state index in [1.807, 2.05) is 23.1 Å².